The molecule has 0 spiro atoms. The van der Waals surface area contributed by atoms with Crippen molar-refractivity contribution in [3.8, 4) is 17.2 Å². The van der Waals surface area contributed by atoms with Crippen molar-refractivity contribution in [2.75, 3.05) is 44.2 Å². The highest BCUT2D eigenvalue weighted by Gasteiger charge is 2.34. The van der Waals surface area contributed by atoms with Crippen molar-refractivity contribution in [3.63, 3.8) is 0 Å². The molecule has 0 atom stereocenters. The number of aromatic nitrogens is 2. The highest BCUT2D eigenvalue weighted by molar-refractivity contribution is 5.80. The fraction of sp³-hybridized carbons (Fsp3) is 0.516. The number of nitriles is 1. The molecule has 8 heteroatoms. The first-order chi connectivity index (χ1) is 19.0. The van der Waals surface area contributed by atoms with Crippen LogP contribution in [0.25, 0.3) is 16.6 Å². The second-order valence-corrected chi connectivity index (χ2v) is 11.6. The highest BCUT2D eigenvalue weighted by atomic mass is 16.6. The molecule has 3 aromatic rings. The Kier molecular flexibility index (Phi) is 7.18. The van der Waals surface area contributed by atoms with E-state index in [0.717, 1.165) is 29.9 Å². The first-order valence-corrected chi connectivity index (χ1v) is 14.4. The van der Waals surface area contributed by atoms with Crippen molar-refractivity contribution in [2.24, 2.45) is 5.92 Å². The number of carbonyl (C=O) groups is 1. The maximum absolute atomic E-state index is 12.6. The van der Waals surface area contributed by atoms with Crippen molar-refractivity contribution >= 4 is 17.3 Å². The number of piperazine rings is 1. The number of ether oxygens (including phenoxy) is 1. The Labute approximate surface area is 230 Å². The summed E-state index contributed by atoms with van der Waals surface area (Å²) >= 11 is 0. The zero-order valence-electron chi connectivity index (χ0n) is 23.0. The van der Waals surface area contributed by atoms with E-state index >= 15 is 0 Å². The number of anilines is 1. The lowest BCUT2D eigenvalue weighted by Crippen LogP contribution is -2.50. The molecular formula is C31H38N6O2. The van der Waals surface area contributed by atoms with Crippen LogP contribution in [0.15, 0.2) is 48.8 Å². The summed E-state index contributed by atoms with van der Waals surface area (Å²) < 4.78 is 7.54. The van der Waals surface area contributed by atoms with Crippen LogP contribution in [0, 0.1) is 17.2 Å². The Morgan fingerprint density at radius 3 is 2.38 bits per heavy atom. The summed E-state index contributed by atoms with van der Waals surface area (Å²) in [4.78, 5) is 19.3. The first-order valence-electron chi connectivity index (χ1n) is 14.4. The molecule has 3 aliphatic rings. The molecule has 39 heavy (non-hydrogen) atoms. The molecule has 0 unspecified atom stereocenters. The van der Waals surface area contributed by atoms with E-state index in [1.54, 1.807) is 4.90 Å². The van der Waals surface area contributed by atoms with Gasteiger partial charge in [0, 0.05) is 63.0 Å². The lowest BCUT2D eigenvalue weighted by Gasteiger charge is -2.37. The van der Waals surface area contributed by atoms with Crippen LogP contribution < -0.4 is 4.90 Å². The second kappa shape index (κ2) is 10.9. The highest BCUT2D eigenvalue weighted by Crippen LogP contribution is 2.33. The molecule has 8 nitrogen and oxygen atoms in total. The largest absolute Gasteiger partial charge is 0.446 e. The number of hydrogen-bond donors (Lipinski definition) is 0. The number of fused-ring (bicyclic) bond motifs is 1. The van der Waals surface area contributed by atoms with Crippen LogP contribution in [0.1, 0.15) is 51.0 Å². The van der Waals surface area contributed by atoms with E-state index in [0.29, 0.717) is 37.9 Å². The maximum Gasteiger partial charge on any atom is 0.410 e. The Bertz CT molecular complexity index is 1340. The topological polar surface area (TPSA) is 77.1 Å². The average Bonchev–Trinajstić information content (AvgIpc) is 3.39. The summed E-state index contributed by atoms with van der Waals surface area (Å²) in [6, 6.07) is 16.3. The summed E-state index contributed by atoms with van der Waals surface area (Å²) in [5.41, 5.74) is 6.02. The standard InChI is InChI=1S/C31H38N6O2/c1-22(2)34-11-8-26(9-12-34)24-3-5-25(6-4-24)27-19-30-29(7-10-33-37(30)21-27)35-13-15-36(16-14-35)31(38)39-28-17-23(18-28)20-32/h3-7,10,19,21-23,26,28H,8-9,11-18H2,1-2H3. The van der Waals surface area contributed by atoms with Crippen LogP contribution >= 0.6 is 0 Å². The third-order valence-corrected chi connectivity index (χ3v) is 8.89. The number of nitrogens with zero attached hydrogens (tertiary/aromatic N) is 6. The SMILES string of the molecule is CC(C)N1CCC(c2ccc(-c3cc4c(N5CCN(C(=O)OC6CC(C#N)C6)CC5)ccnn4c3)cc2)CC1. The quantitative estimate of drug-likeness (QED) is 0.458. The normalized spacial score (nSPS) is 22.6. The molecule has 1 saturated carbocycles. The first kappa shape index (κ1) is 25.7. The van der Waals surface area contributed by atoms with E-state index in [1.165, 1.54) is 37.1 Å². The minimum Gasteiger partial charge on any atom is -0.446 e. The van der Waals surface area contributed by atoms with Gasteiger partial charge in [0.25, 0.3) is 0 Å². The Balaban J connectivity index is 1.10. The van der Waals surface area contributed by atoms with E-state index < -0.39 is 0 Å². The van der Waals surface area contributed by atoms with Gasteiger partial charge in [-0.25, -0.2) is 9.31 Å². The van der Waals surface area contributed by atoms with Crippen LogP contribution in [-0.4, -0.2) is 76.9 Å². The lowest BCUT2D eigenvalue weighted by molar-refractivity contribution is 0.0107. The van der Waals surface area contributed by atoms with Gasteiger partial charge in [0.05, 0.1) is 23.2 Å². The Morgan fingerprint density at radius 1 is 1.00 bits per heavy atom. The van der Waals surface area contributed by atoms with Crippen LogP contribution in [0.2, 0.25) is 0 Å². The monoisotopic (exact) mass is 526 g/mol. The van der Waals surface area contributed by atoms with Gasteiger partial charge in [0.1, 0.15) is 6.10 Å². The van der Waals surface area contributed by atoms with Gasteiger partial charge in [-0.1, -0.05) is 24.3 Å². The van der Waals surface area contributed by atoms with Crippen molar-refractivity contribution in [1.82, 2.24) is 19.4 Å². The lowest BCUT2D eigenvalue weighted by atomic mass is 9.84. The van der Waals surface area contributed by atoms with Gasteiger partial charge in [0.15, 0.2) is 0 Å². The fourth-order valence-electron chi connectivity index (χ4n) is 6.24. The van der Waals surface area contributed by atoms with Crippen LogP contribution in [0.3, 0.4) is 0 Å². The van der Waals surface area contributed by atoms with E-state index in [2.05, 4.69) is 77.4 Å². The molecule has 2 aliphatic heterocycles. The molecule has 0 bridgehead atoms. The van der Waals surface area contributed by atoms with Gasteiger partial charge in [-0.2, -0.15) is 10.4 Å². The van der Waals surface area contributed by atoms with Gasteiger partial charge in [-0.3, -0.25) is 0 Å². The van der Waals surface area contributed by atoms with Gasteiger partial charge >= 0.3 is 6.09 Å². The molecule has 0 radical (unpaired) electrons. The van der Waals surface area contributed by atoms with Crippen molar-refractivity contribution in [2.45, 2.75) is 57.6 Å². The second-order valence-electron chi connectivity index (χ2n) is 11.6. The van der Waals surface area contributed by atoms with E-state index in [9.17, 15) is 4.79 Å². The maximum atomic E-state index is 12.6. The van der Waals surface area contributed by atoms with Crippen molar-refractivity contribution in [3.05, 3.63) is 54.4 Å². The van der Waals surface area contributed by atoms with Gasteiger partial charge in [-0.15, -0.1) is 0 Å². The van der Waals surface area contributed by atoms with E-state index in [1.807, 2.05) is 10.7 Å². The van der Waals surface area contributed by atoms with Gasteiger partial charge in [0.2, 0.25) is 0 Å². The van der Waals surface area contributed by atoms with Crippen LogP contribution in [0.5, 0.6) is 0 Å². The molecule has 1 aromatic carbocycles. The van der Waals surface area contributed by atoms with Gasteiger partial charge in [-0.05, 0) is 69.0 Å². The molecule has 3 fully saturated rings. The van der Waals surface area contributed by atoms with Gasteiger partial charge < -0.3 is 19.4 Å². The molecule has 204 valence electrons. The number of amides is 1. The number of carbonyl (C=O) groups excluding carboxylic acids is 1. The number of hydrogen-bond acceptors (Lipinski definition) is 6. The summed E-state index contributed by atoms with van der Waals surface area (Å²) in [6.07, 6.45) is 7.38. The molecule has 4 heterocycles. The zero-order valence-corrected chi connectivity index (χ0v) is 23.0. The molecular weight excluding hydrogens is 488 g/mol. The number of rotatable bonds is 5. The van der Waals surface area contributed by atoms with Crippen LogP contribution in [0.4, 0.5) is 10.5 Å². The van der Waals surface area contributed by atoms with E-state index in [4.69, 9.17) is 10.00 Å². The van der Waals surface area contributed by atoms with E-state index in [-0.39, 0.29) is 18.1 Å². The predicted octanol–water partition coefficient (Wildman–Crippen LogP) is 5.15. The zero-order chi connectivity index (χ0) is 26.9. The average molecular weight is 527 g/mol. The minimum atomic E-state index is -0.255. The Morgan fingerprint density at radius 2 is 1.72 bits per heavy atom. The molecule has 1 aliphatic carbocycles. The number of piperidine rings is 1. The smallest absolute Gasteiger partial charge is 0.410 e. The third-order valence-electron chi connectivity index (χ3n) is 8.89. The summed E-state index contributed by atoms with van der Waals surface area (Å²) in [6.45, 7) is 9.66. The predicted molar refractivity (Wildman–Crippen MR) is 152 cm³/mol. The Hall–Kier alpha value is -3.57. The summed E-state index contributed by atoms with van der Waals surface area (Å²) in [7, 11) is 0. The number of likely N-dealkylation sites (tertiary alicyclic amines) is 1. The summed E-state index contributed by atoms with van der Waals surface area (Å²) in [5.74, 6) is 0.682. The molecule has 6 rings (SSSR count). The van der Waals surface area contributed by atoms with Crippen LogP contribution in [-0.2, 0) is 4.74 Å². The van der Waals surface area contributed by atoms with Crippen molar-refractivity contribution in [1.29, 1.82) is 5.26 Å². The third kappa shape index (κ3) is 5.33. The van der Waals surface area contributed by atoms with Crippen molar-refractivity contribution < 1.29 is 9.53 Å². The fourth-order valence-corrected chi connectivity index (χ4v) is 6.24. The molecule has 0 N–H and O–H groups in total. The summed E-state index contributed by atoms with van der Waals surface area (Å²) in [5, 5.41) is 13.5. The minimum absolute atomic E-state index is 0.0339. The molecule has 2 saturated heterocycles. The number of benzene rings is 1. The molecule has 2 aromatic heterocycles. The molecule has 1 amide bonds.